The van der Waals surface area contributed by atoms with Crippen molar-refractivity contribution in [2.24, 2.45) is 7.05 Å². The number of nitrogens with zero attached hydrogens (tertiary/aromatic N) is 3. The van der Waals surface area contributed by atoms with Gasteiger partial charge in [-0.1, -0.05) is 12.1 Å². The molecule has 3 rings (SSSR count). The zero-order valence-electron chi connectivity index (χ0n) is 12.5. The van der Waals surface area contributed by atoms with Gasteiger partial charge in [-0.25, -0.2) is 12.8 Å². The van der Waals surface area contributed by atoms with E-state index in [2.05, 4.69) is 14.9 Å². The molecule has 0 amide bonds. The molecule has 1 aromatic heterocycles. The second kappa shape index (κ2) is 6.62. The van der Waals surface area contributed by atoms with Gasteiger partial charge < -0.3 is 4.57 Å². The fraction of sp³-hybridized carbons (Fsp3) is 0.0667. The molecule has 6 nitrogen and oxygen atoms in total. The highest BCUT2D eigenvalue weighted by molar-refractivity contribution is 7.99. The average Bonchev–Trinajstić information content (AvgIpc) is 2.94. The molecule has 3 aromatic rings. The quantitative estimate of drug-likeness (QED) is 0.753. The summed E-state index contributed by atoms with van der Waals surface area (Å²) in [5.74, 6) is -0.493. The molecule has 0 spiro atoms. The van der Waals surface area contributed by atoms with E-state index in [1.807, 2.05) is 0 Å². The maximum atomic E-state index is 13.0. The third kappa shape index (κ3) is 3.57. The van der Waals surface area contributed by atoms with Gasteiger partial charge in [-0.3, -0.25) is 4.72 Å². The van der Waals surface area contributed by atoms with E-state index < -0.39 is 15.8 Å². The molecular formula is C15H13FN4O2S2. The van der Waals surface area contributed by atoms with Crippen molar-refractivity contribution in [2.45, 2.75) is 14.9 Å². The van der Waals surface area contributed by atoms with Gasteiger partial charge in [0.05, 0.1) is 10.6 Å². The van der Waals surface area contributed by atoms with E-state index in [4.69, 9.17) is 0 Å². The average molecular weight is 364 g/mol. The second-order valence-electron chi connectivity index (χ2n) is 4.88. The SMILES string of the molecule is Cn1cnnc1Sc1ccccc1NS(=O)(=O)c1ccc(F)cc1. The smallest absolute Gasteiger partial charge is 0.261 e. The summed E-state index contributed by atoms with van der Waals surface area (Å²) < 4.78 is 42.2. The Kier molecular flexibility index (Phi) is 4.54. The molecule has 1 N–H and O–H groups in total. The summed E-state index contributed by atoms with van der Waals surface area (Å²) in [7, 11) is -2.02. The van der Waals surface area contributed by atoms with E-state index in [0.717, 1.165) is 12.1 Å². The van der Waals surface area contributed by atoms with E-state index in [0.29, 0.717) is 15.7 Å². The zero-order chi connectivity index (χ0) is 17.2. The summed E-state index contributed by atoms with van der Waals surface area (Å²) in [6.07, 6.45) is 1.56. The van der Waals surface area contributed by atoms with Crippen molar-refractivity contribution in [1.29, 1.82) is 0 Å². The normalized spacial score (nSPS) is 11.4. The molecule has 1 heterocycles. The number of para-hydroxylation sites is 1. The molecule has 9 heteroatoms. The first-order chi connectivity index (χ1) is 11.5. The minimum Gasteiger partial charge on any atom is -0.311 e. The Morgan fingerprint density at radius 2 is 1.83 bits per heavy atom. The molecule has 0 aliphatic rings. The highest BCUT2D eigenvalue weighted by Gasteiger charge is 2.17. The molecule has 124 valence electrons. The first-order valence-corrected chi connectivity index (χ1v) is 9.15. The van der Waals surface area contributed by atoms with Crippen molar-refractivity contribution in [1.82, 2.24) is 14.8 Å². The van der Waals surface area contributed by atoms with Gasteiger partial charge in [-0.15, -0.1) is 10.2 Å². The predicted molar refractivity (Wildman–Crippen MR) is 88.8 cm³/mol. The molecule has 0 unspecified atom stereocenters. The van der Waals surface area contributed by atoms with Gasteiger partial charge >= 0.3 is 0 Å². The lowest BCUT2D eigenvalue weighted by molar-refractivity contribution is 0.599. The predicted octanol–water partition coefficient (Wildman–Crippen LogP) is 2.91. The highest BCUT2D eigenvalue weighted by atomic mass is 32.2. The standard InChI is InChI=1S/C15H13FN4O2S2/c1-20-10-17-18-15(20)23-14-5-3-2-4-13(14)19-24(21,22)12-8-6-11(16)7-9-12/h2-10,19H,1H3. The van der Waals surface area contributed by atoms with Crippen molar-refractivity contribution in [3.63, 3.8) is 0 Å². The molecule has 0 atom stereocenters. The van der Waals surface area contributed by atoms with Crippen molar-refractivity contribution < 1.29 is 12.8 Å². The third-order valence-corrected chi connectivity index (χ3v) is 5.64. The Morgan fingerprint density at radius 3 is 2.50 bits per heavy atom. The fourth-order valence-electron chi connectivity index (χ4n) is 1.92. The minimum atomic E-state index is -3.81. The molecule has 0 aliphatic carbocycles. The van der Waals surface area contributed by atoms with Gasteiger partial charge in [0, 0.05) is 11.9 Å². The largest absolute Gasteiger partial charge is 0.311 e. The Labute approximate surface area is 142 Å². The molecule has 0 fully saturated rings. The number of halogens is 1. The van der Waals surface area contributed by atoms with Crippen LogP contribution in [0.15, 0.2) is 69.8 Å². The van der Waals surface area contributed by atoms with Crippen molar-refractivity contribution >= 4 is 27.5 Å². The van der Waals surface area contributed by atoms with Crippen LogP contribution in [0.5, 0.6) is 0 Å². The van der Waals surface area contributed by atoms with Crippen LogP contribution in [-0.4, -0.2) is 23.2 Å². The molecular weight excluding hydrogens is 351 g/mol. The molecule has 24 heavy (non-hydrogen) atoms. The van der Waals surface area contributed by atoms with Gasteiger partial charge in [0.25, 0.3) is 10.0 Å². The summed E-state index contributed by atoms with van der Waals surface area (Å²) >= 11 is 1.29. The van der Waals surface area contributed by atoms with Gasteiger partial charge in [0.15, 0.2) is 5.16 Å². The van der Waals surface area contributed by atoms with E-state index >= 15 is 0 Å². The van der Waals surface area contributed by atoms with Crippen molar-refractivity contribution in [2.75, 3.05) is 4.72 Å². The van der Waals surface area contributed by atoms with Gasteiger partial charge in [0.2, 0.25) is 0 Å². The van der Waals surface area contributed by atoms with Crippen LogP contribution in [-0.2, 0) is 17.1 Å². The number of aromatic nitrogens is 3. The Balaban J connectivity index is 1.90. The number of nitrogens with one attached hydrogen (secondary N) is 1. The number of sulfonamides is 1. The highest BCUT2D eigenvalue weighted by Crippen LogP contribution is 2.33. The molecule has 0 bridgehead atoms. The number of anilines is 1. The van der Waals surface area contributed by atoms with Crippen LogP contribution < -0.4 is 4.72 Å². The monoisotopic (exact) mass is 364 g/mol. The van der Waals surface area contributed by atoms with Crippen molar-refractivity contribution in [3.05, 3.63) is 60.7 Å². The summed E-state index contributed by atoms with van der Waals surface area (Å²) in [5, 5.41) is 8.40. The number of rotatable bonds is 5. The van der Waals surface area contributed by atoms with Gasteiger partial charge in [-0.2, -0.15) is 0 Å². The first kappa shape index (κ1) is 16.5. The van der Waals surface area contributed by atoms with Gasteiger partial charge in [0.1, 0.15) is 12.1 Å². The maximum Gasteiger partial charge on any atom is 0.261 e. The Morgan fingerprint density at radius 1 is 1.12 bits per heavy atom. The maximum absolute atomic E-state index is 13.0. The summed E-state index contributed by atoms with van der Waals surface area (Å²) in [5.41, 5.74) is 0.412. The van der Waals surface area contributed by atoms with Gasteiger partial charge in [-0.05, 0) is 48.2 Å². The second-order valence-corrected chi connectivity index (χ2v) is 7.57. The van der Waals surface area contributed by atoms with E-state index in [1.54, 1.807) is 42.2 Å². The van der Waals surface area contributed by atoms with Crippen LogP contribution in [0.3, 0.4) is 0 Å². The first-order valence-electron chi connectivity index (χ1n) is 6.85. The van der Waals surface area contributed by atoms with E-state index in [1.165, 1.54) is 23.9 Å². The zero-order valence-corrected chi connectivity index (χ0v) is 14.2. The van der Waals surface area contributed by atoms with Crippen LogP contribution in [0.2, 0.25) is 0 Å². The molecule has 2 aromatic carbocycles. The molecule has 0 radical (unpaired) electrons. The van der Waals surface area contributed by atoms with Crippen LogP contribution in [0.4, 0.5) is 10.1 Å². The van der Waals surface area contributed by atoms with E-state index in [-0.39, 0.29) is 4.90 Å². The lowest BCUT2D eigenvalue weighted by Crippen LogP contribution is -2.13. The summed E-state index contributed by atoms with van der Waals surface area (Å²) in [6.45, 7) is 0. The fourth-order valence-corrected chi connectivity index (χ4v) is 3.92. The Bertz CT molecular complexity index is 956. The summed E-state index contributed by atoms with van der Waals surface area (Å²) in [4.78, 5) is 0.668. The third-order valence-electron chi connectivity index (χ3n) is 3.13. The molecule has 0 saturated carbocycles. The Hall–Kier alpha value is -2.39. The topological polar surface area (TPSA) is 76.9 Å². The number of benzene rings is 2. The number of hydrogen-bond acceptors (Lipinski definition) is 5. The number of aryl methyl sites for hydroxylation is 1. The minimum absolute atomic E-state index is 0.0117. The lowest BCUT2D eigenvalue weighted by Gasteiger charge is -2.12. The summed E-state index contributed by atoms with van der Waals surface area (Å²) in [6, 6.07) is 11.6. The molecule has 0 aliphatic heterocycles. The van der Waals surface area contributed by atoms with E-state index in [9.17, 15) is 12.8 Å². The number of hydrogen-bond donors (Lipinski definition) is 1. The van der Waals surface area contributed by atoms with Crippen LogP contribution in [0.25, 0.3) is 0 Å². The molecule has 0 saturated heterocycles. The van der Waals surface area contributed by atoms with Crippen molar-refractivity contribution in [3.8, 4) is 0 Å². The van der Waals surface area contributed by atoms with Crippen LogP contribution >= 0.6 is 11.8 Å². The van der Waals surface area contributed by atoms with Crippen LogP contribution in [0, 0.1) is 5.82 Å². The van der Waals surface area contributed by atoms with Crippen LogP contribution in [0.1, 0.15) is 0 Å². The lowest BCUT2D eigenvalue weighted by atomic mass is 10.3.